The molecule has 17 heteroatoms. The number of anilines is 3. The first-order chi connectivity index (χ1) is 30.8. The van der Waals surface area contributed by atoms with E-state index in [0.717, 1.165) is 87.1 Å². The lowest BCUT2D eigenvalue weighted by Crippen LogP contribution is -2.49. The molecular weight excluding hydrogens is 816 g/mol. The highest BCUT2D eigenvalue weighted by Gasteiger charge is 2.29. The average molecular weight is 869 g/mol. The number of halogens is 1. The first-order valence-corrected chi connectivity index (χ1v) is 22.0. The van der Waals surface area contributed by atoms with Crippen molar-refractivity contribution in [2.45, 2.75) is 65.3 Å². The van der Waals surface area contributed by atoms with Crippen LogP contribution in [0.5, 0.6) is 0 Å². The summed E-state index contributed by atoms with van der Waals surface area (Å²) in [6.45, 7) is 16.6. The Morgan fingerprint density at radius 3 is 2.31 bits per heavy atom. The standard InChI is InChI=1S/C47H53FN12O4/c1-28-34(29(2)52-44(62)43-55-45(64-56-43)47(3,4)5)11-12-35(40(28)48)41-36-24-38(53-42(36)51-27-50-41)37-13-10-33(25-49-37)59-22-20-57(21-23-59)26-30-14-17-58(18-15-30)31-6-8-32(9-7-31)60-19-16-39(61)54-46(60)63/h6-13,24-25,27,29-30H,14-23,26H2,1-5H3,(H,52,62)(H,50,51,53)(H,54,61,63)/t29-/m1/s1. The number of aromatic nitrogens is 6. The van der Waals surface area contributed by atoms with Crippen LogP contribution in [0.15, 0.2) is 71.6 Å². The number of fused-ring (bicyclic) bond motifs is 1. The Morgan fingerprint density at radius 1 is 0.906 bits per heavy atom. The van der Waals surface area contributed by atoms with Crippen LogP contribution < -0.4 is 25.3 Å². The molecule has 6 aromatic rings. The summed E-state index contributed by atoms with van der Waals surface area (Å²) in [6.07, 6.45) is 5.92. The van der Waals surface area contributed by atoms with E-state index in [4.69, 9.17) is 9.51 Å². The fourth-order valence-electron chi connectivity index (χ4n) is 8.92. The Labute approximate surface area is 370 Å². The van der Waals surface area contributed by atoms with Crippen molar-refractivity contribution in [2.75, 3.05) is 67.1 Å². The van der Waals surface area contributed by atoms with Gasteiger partial charge in [-0.25, -0.2) is 19.2 Å². The van der Waals surface area contributed by atoms with Crippen molar-refractivity contribution in [1.82, 2.24) is 45.6 Å². The second-order valence-corrected chi connectivity index (χ2v) is 18.1. The number of nitrogens with one attached hydrogen (secondary N) is 3. The van der Waals surface area contributed by atoms with Gasteiger partial charge in [0, 0.05) is 86.5 Å². The molecule has 332 valence electrons. The third-order valence-corrected chi connectivity index (χ3v) is 12.7. The highest BCUT2D eigenvalue weighted by atomic mass is 19.1. The van der Waals surface area contributed by atoms with E-state index in [-0.39, 0.29) is 17.8 Å². The topological polar surface area (TPSA) is 182 Å². The fraction of sp³-hybridized carbons (Fsp3) is 0.404. The lowest BCUT2D eigenvalue weighted by Gasteiger charge is -2.40. The molecular formula is C47H53FN12O4. The zero-order valence-corrected chi connectivity index (χ0v) is 36.8. The van der Waals surface area contributed by atoms with Crippen molar-refractivity contribution in [3.63, 3.8) is 0 Å². The smallest absolute Gasteiger partial charge is 0.328 e. The molecule has 0 unspecified atom stereocenters. The molecule has 0 saturated carbocycles. The molecule has 3 fully saturated rings. The third-order valence-electron chi connectivity index (χ3n) is 12.7. The van der Waals surface area contributed by atoms with E-state index < -0.39 is 23.2 Å². The molecule has 3 saturated heterocycles. The number of hydrogen-bond donors (Lipinski definition) is 3. The molecule has 0 aliphatic carbocycles. The van der Waals surface area contributed by atoms with Gasteiger partial charge in [-0.15, -0.1) is 0 Å². The lowest BCUT2D eigenvalue weighted by molar-refractivity contribution is -0.120. The number of H-pyrrole nitrogens is 1. The van der Waals surface area contributed by atoms with E-state index in [1.165, 1.54) is 6.33 Å². The van der Waals surface area contributed by atoms with Crippen molar-refractivity contribution < 1.29 is 23.3 Å². The minimum absolute atomic E-state index is 0.0733. The summed E-state index contributed by atoms with van der Waals surface area (Å²) in [5, 5.41) is 9.75. The van der Waals surface area contributed by atoms with E-state index in [1.807, 2.05) is 51.2 Å². The number of urea groups is 1. The van der Waals surface area contributed by atoms with Crippen molar-refractivity contribution in [2.24, 2.45) is 5.92 Å². The number of aromatic amines is 1. The van der Waals surface area contributed by atoms with Gasteiger partial charge in [0.15, 0.2) is 0 Å². The van der Waals surface area contributed by atoms with Crippen molar-refractivity contribution >= 4 is 45.9 Å². The van der Waals surface area contributed by atoms with Gasteiger partial charge < -0.3 is 24.6 Å². The Hall–Kier alpha value is -6.75. The highest BCUT2D eigenvalue weighted by molar-refractivity contribution is 6.05. The average Bonchev–Trinajstić information content (AvgIpc) is 3.98. The number of carbonyl (C=O) groups is 3. The summed E-state index contributed by atoms with van der Waals surface area (Å²) >= 11 is 0. The molecule has 1 atom stereocenters. The maximum absolute atomic E-state index is 16.2. The minimum Gasteiger partial charge on any atom is -0.372 e. The zero-order chi connectivity index (χ0) is 44.7. The molecule has 9 rings (SSSR count). The van der Waals surface area contributed by atoms with Gasteiger partial charge in [-0.3, -0.25) is 29.7 Å². The number of nitrogens with zero attached hydrogens (tertiary/aromatic N) is 9. The Kier molecular flexibility index (Phi) is 11.6. The molecule has 0 radical (unpaired) electrons. The van der Waals surface area contributed by atoms with E-state index in [2.05, 4.69) is 68.6 Å². The SMILES string of the molecule is Cc1c([C@@H](C)NC(=O)c2noc(C(C)(C)C)n2)ccc(-c2ncnc3[nH]c(-c4ccc(N5CCN(CC6CCN(c7ccc(N8CCC(=O)NC8=O)cc7)CC6)CC5)cn4)cc23)c1F. The second-order valence-electron chi connectivity index (χ2n) is 18.1. The fourth-order valence-corrected chi connectivity index (χ4v) is 8.92. The number of piperidine rings is 1. The maximum atomic E-state index is 16.2. The van der Waals surface area contributed by atoms with Gasteiger partial charge in [0.05, 0.1) is 35.0 Å². The van der Waals surface area contributed by atoms with Gasteiger partial charge in [-0.2, -0.15) is 4.98 Å². The zero-order valence-electron chi connectivity index (χ0n) is 36.8. The Bertz CT molecular complexity index is 2680. The Morgan fingerprint density at radius 2 is 1.62 bits per heavy atom. The number of piperazine rings is 1. The number of carbonyl (C=O) groups excluding carboxylic acids is 3. The highest BCUT2D eigenvalue weighted by Crippen LogP contribution is 2.35. The van der Waals surface area contributed by atoms with E-state index >= 15 is 4.39 Å². The molecule has 0 spiro atoms. The van der Waals surface area contributed by atoms with Crippen LogP contribution in [0.3, 0.4) is 0 Å². The first-order valence-electron chi connectivity index (χ1n) is 22.0. The Balaban J connectivity index is 0.781. The molecule has 7 heterocycles. The number of hydrogen-bond acceptors (Lipinski definition) is 12. The molecule has 2 aromatic carbocycles. The van der Waals surface area contributed by atoms with Gasteiger partial charge in [0.25, 0.3) is 11.7 Å². The van der Waals surface area contributed by atoms with Crippen molar-refractivity contribution in [3.8, 4) is 22.6 Å². The van der Waals surface area contributed by atoms with Crippen molar-refractivity contribution in [3.05, 3.63) is 95.8 Å². The number of benzene rings is 2. The predicted octanol–water partition coefficient (Wildman–Crippen LogP) is 6.79. The van der Waals surface area contributed by atoms with E-state index in [1.54, 1.807) is 30.9 Å². The molecule has 3 N–H and O–H groups in total. The summed E-state index contributed by atoms with van der Waals surface area (Å²) in [5.41, 5.74) is 6.49. The van der Waals surface area contributed by atoms with Gasteiger partial charge >= 0.3 is 6.03 Å². The maximum Gasteiger partial charge on any atom is 0.328 e. The summed E-state index contributed by atoms with van der Waals surface area (Å²) in [7, 11) is 0. The first kappa shape index (κ1) is 42.5. The predicted molar refractivity (Wildman–Crippen MR) is 242 cm³/mol. The molecule has 0 bridgehead atoms. The summed E-state index contributed by atoms with van der Waals surface area (Å²) < 4.78 is 21.5. The van der Waals surface area contributed by atoms with Gasteiger partial charge in [-0.05, 0) is 92.3 Å². The third kappa shape index (κ3) is 8.76. The quantitative estimate of drug-likeness (QED) is 0.131. The summed E-state index contributed by atoms with van der Waals surface area (Å²) in [4.78, 5) is 67.1. The summed E-state index contributed by atoms with van der Waals surface area (Å²) in [6, 6.07) is 16.7. The van der Waals surface area contributed by atoms with Crippen LogP contribution in [-0.4, -0.2) is 105 Å². The lowest BCUT2D eigenvalue weighted by atomic mass is 9.95. The molecule has 3 aliphatic rings. The second kappa shape index (κ2) is 17.4. The van der Waals surface area contributed by atoms with Gasteiger partial charge in [0.2, 0.25) is 11.8 Å². The van der Waals surface area contributed by atoms with Crippen molar-refractivity contribution in [1.29, 1.82) is 0 Å². The molecule has 4 amide bonds. The number of pyridine rings is 1. The van der Waals surface area contributed by atoms with E-state index in [9.17, 15) is 14.4 Å². The largest absolute Gasteiger partial charge is 0.372 e. The monoisotopic (exact) mass is 868 g/mol. The number of rotatable bonds is 10. The van der Waals surface area contributed by atoms with Crippen LogP contribution in [0.4, 0.5) is 26.2 Å². The van der Waals surface area contributed by atoms with Crippen LogP contribution in [0.2, 0.25) is 0 Å². The van der Waals surface area contributed by atoms with Crippen LogP contribution >= 0.6 is 0 Å². The molecule has 3 aliphatic heterocycles. The van der Waals surface area contributed by atoms with Gasteiger partial charge in [0.1, 0.15) is 17.8 Å². The minimum atomic E-state index is -0.531. The molecule has 64 heavy (non-hydrogen) atoms. The number of amides is 4. The van der Waals surface area contributed by atoms with E-state index in [0.29, 0.717) is 58.2 Å². The summed E-state index contributed by atoms with van der Waals surface area (Å²) in [5.74, 6) is -0.240. The molecule has 4 aromatic heterocycles. The van der Waals surface area contributed by atoms with Crippen LogP contribution in [0.25, 0.3) is 33.7 Å². The van der Waals surface area contributed by atoms with Crippen LogP contribution in [-0.2, 0) is 10.2 Å². The van der Waals surface area contributed by atoms with Crippen LogP contribution in [0.1, 0.15) is 80.6 Å². The molecule has 16 nitrogen and oxygen atoms in total. The van der Waals surface area contributed by atoms with Gasteiger partial charge in [-0.1, -0.05) is 32.0 Å². The van der Waals surface area contributed by atoms with Crippen LogP contribution in [0, 0.1) is 18.7 Å². The number of imide groups is 1. The normalized spacial score (nSPS) is 17.2.